The lowest BCUT2D eigenvalue weighted by Crippen LogP contribution is -2.71. The van der Waals surface area contributed by atoms with E-state index in [1.807, 2.05) is 11.2 Å². The molecular weight excluding hydrogens is 525 g/mol. The monoisotopic (exact) mass is 554 g/mol. The summed E-state index contributed by atoms with van der Waals surface area (Å²) in [4.78, 5) is 26.9. The van der Waals surface area contributed by atoms with Crippen LogP contribution in [-0.2, 0) is 30.8 Å². The van der Waals surface area contributed by atoms with Crippen molar-refractivity contribution in [1.29, 1.82) is 0 Å². The Bertz CT molecular complexity index is 1570. The number of anilines is 1. The van der Waals surface area contributed by atoms with Gasteiger partial charge in [-0.05, 0) is 53.8 Å². The van der Waals surface area contributed by atoms with Gasteiger partial charge in [0, 0.05) is 68.2 Å². The first-order valence-corrected chi connectivity index (χ1v) is 14.7. The van der Waals surface area contributed by atoms with E-state index in [4.69, 9.17) is 0 Å². The van der Waals surface area contributed by atoms with Crippen molar-refractivity contribution in [3.63, 3.8) is 0 Å². The van der Waals surface area contributed by atoms with E-state index < -0.39 is 6.04 Å². The number of aromatic nitrogens is 2. The van der Waals surface area contributed by atoms with Crippen LogP contribution in [0.2, 0.25) is 0 Å². The molecule has 1 unspecified atom stereocenters. The number of nitrogens with one attached hydrogen (secondary N) is 2. The van der Waals surface area contributed by atoms with Crippen molar-refractivity contribution in [3.8, 4) is 11.1 Å². The molecule has 0 aliphatic carbocycles. The number of carbonyl (C=O) groups excluding carboxylic acids is 1. The van der Waals surface area contributed by atoms with Crippen LogP contribution in [0, 0.1) is 16.6 Å². The Kier molecular flexibility index (Phi) is 5.60. The summed E-state index contributed by atoms with van der Waals surface area (Å²) in [5, 5.41) is 9.73. The van der Waals surface area contributed by atoms with Gasteiger partial charge >= 0.3 is 5.41 Å². The van der Waals surface area contributed by atoms with Crippen LogP contribution in [0.1, 0.15) is 35.0 Å². The number of benzene rings is 2. The number of hydrogen-bond donors (Lipinski definition) is 2. The van der Waals surface area contributed by atoms with E-state index in [1.54, 1.807) is 12.3 Å². The average Bonchev–Trinajstić information content (AvgIpc) is 3.69. The summed E-state index contributed by atoms with van der Waals surface area (Å²) in [5.41, 5.74) is 6.94. The maximum absolute atomic E-state index is 15.6. The van der Waals surface area contributed by atoms with Crippen molar-refractivity contribution in [2.75, 3.05) is 31.1 Å². The van der Waals surface area contributed by atoms with Crippen molar-refractivity contribution >= 4 is 28.5 Å². The van der Waals surface area contributed by atoms with Crippen molar-refractivity contribution in [3.05, 3.63) is 82.7 Å². The molecule has 6 heterocycles. The number of imidazole rings is 1. The second kappa shape index (κ2) is 9.24. The molecule has 0 radical (unpaired) electrons. The first kappa shape index (κ1) is 24.3. The number of aliphatic imine (C=N–C) groups is 1. The molecule has 40 heavy (non-hydrogen) atoms. The third-order valence-corrected chi connectivity index (χ3v) is 9.55. The van der Waals surface area contributed by atoms with Gasteiger partial charge in [0.25, 0.3) is 6.20 Å². The highest BCUT2D eigenvalue weighted by atomic mass is 32.2. The number of amides is 1. The molecule has 0 saturated carbocycles. The van der Waals surface area contributed by atoms with E-state index in [-0.39, 0.29) is 11.7 Å². The van der Waals surface area contributed by atoms with Crippen LogP contribution in [0.5, 0.6) is 0 Å². The Morgan fingerprint density at radius 3 is 2.75 bits per heavy atom. The molecule has 10 heteroatoms. The highest BCUT2D eigenvalue weighted by Crippen LogP contribution is 2.40. The number of hydrogen-bond acceptors (Lipinski definition) is 7. The minimum atomic E-state index is -0.640. The van der Waals surface area contributed by atoms with Gasteiger partial charge in [-0.15, -0.1) is 0 Å². The minimum Gasteiger partial charge on any atom is -0.370 e. The van der Waals surface area contributed by atoms with Gasteiger partial charge in [-0.3, -0.25) is 15.0 Å². The lowest BCUT2D eigenvalue weighted by molar-refractivity contribution is -0.125. The number of nitrogens with zero attached hydrogens (tertiary/aromatic N) is 5. The van der Waals surface area contributed by atoms with Crippen molar-refractivity contribution in [1.82, 2.24) is 25.1 Å². The lowest BCUT2D eigenvalue weighted by atomic mass is 9.74. The van der Waals surface area contributed by atoms with Crippen LogP contribution < -0.4 is 15.5 Å². The Labute approximate surface area is 236 Å². The molecule has 1 amide bonds. The zero-order valence-corrected chi connectivity index (χ0v) is 22.8. The van der Waals surface area contributed by atoms with Crippen LogP contribution in [0.15, 0.2) is 53.9 Å². The van der Waals surface area contributed by atoms with Crippen LogP contribution in [0.4, 0.5) is 10.1 Å². The molecule has 8 nitrogen and oxygen atoms in total. The van der Waals surface area contributed by atoms with Gasteiger partial charge in [-0.25, -0.2) is 9.37 Å². The molecule has 2 saturated heterocycles. The van der Waals surface area contributed by atoms with Crippen molar-refractivity contribution in [2.24, 2.45) is 10.4 Å². The smallest absolute Gasteiger partial charge is 0.338 e. The summed E-state index contributed by atoms with van der Waals surface area (Å²) < 4.78 is 17.7. The predicted octanol–water partition coefficient (Wildman–Crippen LogP) is 3.60. The molecule has 0 bridgehead atoms. The highest BCUT2D eigenvalue weighted by Gasteiger charge is 2.47. The normalized spacial score (nSPS) is 20.9. The number of fused-ring (bicyclic) bond motifs is 2. The maximum atomic E-state index is 15.6. The van der Waals surface area contributed by atoms with Gasteiger partial charge < -0.3 is 14.8 Å². The molecule has 8 rings (SSSR count). The topological polar surface area (TPSA) is 77.8 Å². The third-order valence-electron chi connectivity index (χ3n) is 8.92. The molecule has 1 spiro atoms. The van der Waals surface area contributed by atoms with Gasteiger partial charge in [-0.2, -0.15) is 4.99 Å². The molecule has 3 aromatic rings. The van der Waals surface area contributed by atoms with Gasteiger partial charge in [0.1, 0.15) is 11.9 Å². The largest absolute Gasteiger partial charge is 0.370 e. The first-order valence-electron chi connectivity index (χ1n) is 13.8. The summed E-state index contributed by atoms with van der Waals surface area (Å²) in [5.74, 6) is -0.434. The molecule has 1 aromatic heterocycles. The van der Waals surface area contributed by atoms with Gasteiger partial charge in [0.2, 0.25) is 22.8 Å². The predicted molar refractivity (Wildman–Crippen MR) is 153 cm³/mol. The van der Waals surface area contributed by atoms with E-state index in [1.165, 1.54) is 17.4 Å². The van der Waals surface area contributed by atoms with Crippen LogP contribution >= 0.6 is 11.8 Å². The van der Waals surface area contributed by atoms with Crippen molar-refractivity contribution < 1.29 is 9.18 Å². The zero-order valence-electron chi connectivity index (χ0n) is 22.0. The summed E-state index contributed by atoms with van der Waals surface area (Å²) in [6.07, 6.45) is 5.29. The van der Waals surface area contributed by atoms with Crippen LogP contribution in [0.3, 0.4) is 0 Å². The Balaban J connectivity index is 1.05. The molecule has 5 aliphatic rings. The third kappa shape index (κ3) is 3.97. The number of thioether (sulfide) groups is 1. The molecule has 2 N–H and O–H groups in total. The molecular formula is C30H29FN7OS+. The number of aryl methyl sites for hydroxylation is 1. The zero-order chi connectivity index (χ0) is 26.8. The second-order valence-corrected chi connectivity index (χ2v) is 12.4. The van der Waals surface area contributed by atoms with Gasteiger partial charge in [-0.1, -0.05) is 12.1 Å². The fourth-order valence-corrected chi connectivity index (χ4v) is 7.25. The molecule has 202 valence electrons. The summed E-state index contributed by atoms with van der Waals surface area (Å²) in [6.45, 7) is 6.14. The summed E-state index contributed by atoms with van der Waals surface area (Å²) in [7, 11) is 0. The Morgan fingerprint density at radius 2 is 2.00 bits per heavy atom. The van der Waals surface area contributed by atoms with E-state index in [0.717, 1.165) is 73.6 Å². The minimum absolute atomic E-state index is 0.203. The van der Waals surface area contributed by atoms with E-state index in [9.17, 15) is 4.79 Å². The van der Waals surface area contributed by atoms with Gasteiger partial charge in [0.15, 0.2) is 0 Å². The first-order chi connectivity index (χ1) is 19.6. The fraction of sp³-hybridized carbons (Fsp3) is 0.367. The number of rotatable bonds is 5. The SMILES string of the molecule is O=C(NC1=NC=[C+]S1)C(c1ncn2c1CCC2)N1Cc2cc(-c3ccc(N4CC5(CNC5)C4)cc3)cc(F)c2C1. The van der Waals surface area contributed by atoms with Crippen molar-refractivity contribution in [2.45, 2.75) is 38.5 Å². The highest BCUT2D eigenvalue weighted by molar-refractivity contribution is 8.15. The molecule has 1 atom stereocenters. The standard InChI is InChI=1S/C30H28FN7OS/c31-24-11-20(19-3-5-22(6-4-19)38-16-30(17-38)14-32-15-30)10-21-12-37(13-23(21)24)27(28(39)35-29-33-7-9-40-29)26-25-2-1-8-36(25)18-34-26/h3-7,10-11,18,27,32H,1-2,8,12-17H2/p+1. The molecule has 5 aliphatic heterocycles. The van der Waals surface area contributed by atoms with Crippen LogP contribution in [0.25, 0.3) is 11.1 Å². The number of amidine groups is 1. The van der Waals surface area contributed by atoms with E-state index in [0.29, 0.717) is 29.2 Å². The van der Waals surface area contributed by atoms with E-state index >= 15 is 4.39 Å². The van der Waals surface area contributed by atoms with Crippen LogP contribution in [-0.4, -0.2) is 51.7 Å². The van der Waals surface area contributed by atoms with E-state index in [2.05, 4.69) is 65.8 Å². The lowest BCUT2D eigenvalue weighted by Gasteiger charge is -2.57. The molecule has 2 aromatic carbocycles. The average molecular weight is 555 g/mol. The summed E-state index contributed by atoms with van der Waals surface area (Å²) in [6, 6.07) is 11.5. The number of halogens is 1. The second-order valence-electron chi connectivity index (χ2n) is 11.6. The Morgan fingerprint density at radius 1 is 1.15 bits per heavy atom. The summed E-state index contributed by atoms with van der Waals surface area (Å²) >= 11 is 1.26. The fourth-order valence-electron chi connectivity index (χ4n) is 6.77. The van der Waals surface area contributed by atoms with Gasteiger partial charge in [0.05, 0.1) is 12.0 Å². The Hall–Kier alpha value is -3.56. The maximum Gasteiger partial charge on any atom is 0.338 e. The number of carbonyl (C=O) groups is 1. The molecule has 2 fully saturated rings. The quantitative estimate of drug-likeness (QED) is 0.470.